The van der Waals surface area contributed by atoms with Crippen LogP contribution in [-0.2, 0) is 6.54 Å². The van der Waals surface area contributed by atoms with Crippen molar-refractivity contribution in [2.24, 2.45) is 5.92 Å². The first-order chi connectivity index (χ1) is 19.6. The summed E-state index contributed by atoms with van der Waals surface area (Å²) in [6.45, 7) is 5.11. The molecule has 7 nitrogen and oxygen atoms in total. The van der Waals surface area contributed by atoms with Crippen molar-refractivity contribution in [1.82, 2.24) is 20.1 Å². The van der Waals surface area contributed by atoms with Crippen molar-refractivity contribution < 1.29 is 9.53 Å². The number of nitrogens with zero attached hydrogens (tertiary/aromatic N) is 4. The average Bonchev–Trinajstić information content (AvgIpc) is 3.32. The highest BCUT2D eigenvalue weighted by molar-refractivity contribution is 6.31. The number of amides is 1. The van der Waals surface area contributed by atoms with Gasteiger partial charge < -0.3 is 19.9 Å². The second-order valence-electron chi connectivity index (χ2n) is 11.5. The van der Waals surface area contributed by atoms with Gasteiger partial charge in [-0.2, -0.15) is 5.26 Å². The standard InChI is InChI=1S/C32H36ClN5O2/c33-30-19-28(7-2-23(30)20-34)40-27-8-5-26(6-9-27)38-21-31-29(32(38)39)10-4-24(36-31)3-1-22-13-17-37(18-14-22)25-11-15-35-16-12-25/h2,4,7,10,19,22,25-27,35H,5-6,8-9,11-18,21H2/t26-,27-. The molecule has 1 aliphatic carbocycles. The molecule has 0 unspecified atom stereocenters. The van der Waals surface area contributed by atoms with Gasteiger partial charge in [-0.25, -0.2) is 4.98 Å². The molecule has 3 fully saturated rings. The van der Waals surface area contributed by atoms with E-state index in [1.54, 1.807) is 18.2 Å². The summed E-state index contributed by atoms with van der Waals surface area (Å²) < 4.78 is 6.13. The zero-order valence-corrected chi connectivity index (χ0v) is 23.6. The van der Waals surface area contributed by atoms with Gasteiger partial charge in [0.05, 0.1) is 34.5 Å². The first kappa shape index (κ1) is 27.1. The Morgan fingerprint density at radius 3 is 2.48 bits per heavy atom. The minimum atomic E-state index is 0.0758. The molecule has 0 atom stereocenters. The van der Waals surface area contributed by atoms with Crippen LogP contribution in [0.1, 0.15) is 78.7 Å². The van der Waals surface area contributed by atoms with Gasteiger partial charge in [0.15, 0.2) is 0 Å². The second-order valence-corrected chi connectivity index (χ2v) is 11.9. The fourth-order valence-corrected chi connectivity index (χ4v) is 6.87. The van der Waals surface area contributed by atoms with Crippen molar-refractivity contribution in [2.75, 3.05) is 26.2 Å². The van der Waals surface area contributed by atoms with Crippen molar-refractivity contribution in [3.8, 4) is 23.7 Å². The van der Waals surface area contributed by atoms with Gasteiger partial charge in [0.2, 0.25) is 0 Å². The van der Waals surface area contributed by atoms with E-state index in [-0.39, 0.29) is 18.1 Å². The van der Waals surface area contributed by atoms with E-state index < -0.39 is 0 Å². The SMILES string of the molecule is N#Cc1ccc(O[C@H]2CC[C@H](N3Cc4nc(C#CC5CCN(C6CCNCC6)CC5)ccc4C3=O)CC2)cc1Cl. The number of benzene rings is 1. The molecule has 1 N–H and O–H groups in total. The molecular weight excluding hydrogens is 522 g/mol. The van der Waals surface area contributed by atoms with Gasteiger partial charge in [0.25, 0.3) is 5.91 Å². The third-order valence-electron chi connectivity index (χ3n) is 8.99. The van der Waals surface area contributed by atoms with Crippen LogP contribution in [-0.4, -0.2) is 65.1 Å². The van der Waals surface area contributed by atoms with E-state index >= 15 is 0 Å². The highest BCUT2D eigenvalue weighted by Crippen LogP contribution is 2.33. The molecule has 0 bridgehead atoms. The van der Waals surface area contributed by atoms with Crippen molar-refractivity contribution >= 4 is 17.5 Å². The summed E-state index contributed by atoms with van der Waals surface area (Å²) in [4.78, 5) is 22.7. The van der Waals surface area contributed by atoms with E-state index in [1.807, 2.05) is 17.0 Å². The number of hydrogen-bond acceptors (Lipinski definition) is 6. The van der Waals surface area contributed by atoms with E-state index in [4.69, 9.17) is 26.6 Å². The Labute approximate surface area is 241 Å². The van der Waals surface area contributed by atoms with Crippen LogP contribution in [0.25, 0.3) is 0 Å². The number of piperidine rings is 2. The van der Waals surface area contributed by atoms with Gasteiger partial charge >= 0.3 is 0 Å². The monoisotopic (exact) mass is 557 g/mol. The maximum Gasteiger partial charge on any atom is 0.256 e. The summed E-state index contributed by atoms with van der Waals surface area (Å²) >= 11 is 6.15. The van der Waals surface area contributed by atoms with Crippen LogP contribution in [0, 0.1) is 29.1 Å². The van der Waals surface area contributed by atoms with E-state index in [9.17, 15) is 4.79 Å². The van der Waals surface area contributed by atoms with Crippen LogP contribution in [0.3, 0.4) is 0 Å². The number of carbonyl (C=O) groups is 1. The lowest BCUT2D eigenvalue weighted by molar-refractivity contribution is 0.0560. The minimum Gasteiger partial charge on any atom is -0.490 e. The van der Waals surface area contributed by atoms with E-state index in [0.717, 1.165) is 82.1 Å². The maximum atomic E-state index is 13.2. The number of aromatic nitrogens is 1. The molecule has 208 valence electrons. The molecule has 3 aliphatic heterocycles. The molecule has 2 saturated heterocycles. The Kier molecular flexibility index (Phi) is 8.25. The summed E-state index contributed by atoms with van der Waals surface area (Å²) in [5, 5.41) is 12.9. The zero-order valence-electron chi connectivity index (χ0n) is 22.9. The number of likely N-dealkylation sites (tertiary alicyclic amines) is 1. The van der Waals surface area contributed by atoms with Crippen LogP contribution in [0.15, 0.2) is 30.3 Å². The van der Waals surface area contributed by atoms with Crippen LogP contribution < -0.4 is 10.1 Å². The number of nitriles is 1. The van der Waals surface area contributed by atoms with Crippen LogP contribution >= 0.6 is 11.6 Å². The summed E-state index contributed by atoms with van der Waals surface area (Å²) in [5.74, 6) is 7.99. The Morgan fingerprint density at radius 2 is 1.75 bits per heavy atom. The number of carbonyl (C=O) groups excluding carboxylic acids is 1. The first-order valence-corrected chi connectivity index (χ1v) is 15.1. The molecule has 8 heteroatoms. The average molecular weight is 558 g/mol. The van der Waals surface area contributed by atoms with E-state index in [0.29, 0.717) is 34.4 Å². The molecule has 0 spiro atoms. The van der Waals surface area contributed by atoms with Gasteiger partial charge in [0, 0.05) is 24.1 Å². The lowest BCUT2D eigenvalue weighted by Gasteiger charge is -2.38. The van der Waals surface area contributed by atoms with E-state index in [1.165, 1.54) is 12.8 Å². The highest BCUT2D eigenvalue weighted by atomic mass is 35.5. The summed E-state index contributed by atoms with van der Waals surface area (Å²) in [6.07, 6.45) is 8.34. The number of halogens is 1. The fourth-order valence-electron chi connectivity index (χ4n) is 6.65. The van der Waals surface area contributed by atoms with Gasteiger partial charge in [-0.1, -0.05) is 17.5 Å². The Morgan fingerprint density at radius 1 is 0.975 bits per heavy atom. The van der Waals surface area contributed by atoms with Crippen LogP contribution in [0.5, 0.6) is 5.75 Å². The van der Waals surface area contributed by atoms with Gasteiger partial charge in [-0.15, -0.1) is 0 Å². The Hall–Kier alpha value is -3.10. The predicted molar refractivity (Wildman–Crippen MR) is 154 cm³/mol. The molecule has 1 amide bonds. The smallest absolute Gasteiger partial charge is 0.256 e. The van der Waals surface area contributed by atoms with Crippen LogP contribution in [0.2, 0.25) is 5.02 Å². The molecule has 1 aromatic heterocycles. The minimum absolute atomic E-state index is 0.0758. The molecule has 6 rings (SSSR count). The van der Waals surface area contributed by atoms with Gasteiger partial charge in [0.1, 0.15) is 17.5 Å². The predicted octanol–water partition coefficient (Wildman–Crippen LogP) is 4.77. The molecule has 40 heavy (non-hydrogen) atoms. The summed E-state index contributed by atoms with van der Waals surface area (Å²) in [7, 11) is 0. The molecule has 4 heterocycles. The highest BCUT2D eigenvalue weighted by Gasteiger charge is 2.36. The molecule has 2 aromatic rings. The third kappa shape index (κ3) is 5.98. The van der Waals surface area contributed by atoms with Crippen molar-refractivity contribution in [2.45, 2.75) is 76.1 Å². The normalized spacial score (nSPS) is 24.2. The number of hydrogen-bond donors (Lipinski definition) is 1. The van der Waals surface area contributed by atoms with Crippen molar-refractivity contribution in [1.29, 1.82) is 5.26 Å². The number of fused-ring (bicyclic) bond motifs is 1. The molecular formula is C32H36ClN5O2. The van der Waals surface area contributed by atoms with Crippen molar-refractivity contribution in [3.63, 3.8) is 0 Å². The quantitative estimate of drug-likeness (QED) is 0.546. The van der Waals surface area contributed by atoms with Gasteiger partial charge in [-0.3, -0.25) is 4.79 Å². The first-order valence-electron chi connectivity index (χ1n) is 14.7. The number of nitrogens with one attached hydrogen (secondary N) is 1. The molecule has 1 aromatic carbocycles. The topological polar surface area (TPSA) is 81.5 Å². The zero-order chi connectivity index (χ0) is 27.5. The second kappa shape index (κ2) is 12.2. The van der Waals surface area contributed by atoms with Gasteiger partial charge in [-0.05, 0) is 108 Å². The summed E-state index contributed by atoms with van der Waals surface area (Å²) in [5.41, 5.74) is 2.78. The fraction of sp³-hybridized carbons (Fsp3) is 0.531. The lowest BCUT2D eigenvalue weighted by Crippen LogP contribution is -2.46. The number of pyridine rings is 1. The Balaban J connectivity index is 1.01. The third-order valence-corrected chi connectivity index (χ3v) is 9.31. The van der Waals surface area contributed by atoms with Crippen LogP contribution in [0.4, 0.5) is 0 Å². The van der Waals surface area contributed by atoms with Crippen molar-refractivity contribution in [3.05, 3.63) is 57.9 Å². The molecule has 4 aliphatic rings. The maximum absolute atomic E-state index is 13.2. The number of ether oxygens (including phenoxy) is 1. The number of rotatable bonds is 4. The molecule has 0 radical (unpaired) electrons. The summed E-state index contributed by atoms with van der Waals surface area (Å²) in [6, 6.07) is 12.0. The largest absolute Gasteiger partial charge is 0.490 e. The van der Waals surface area contributed by atoms with E-state index in [2.05, 4.69) is 28.1 Å². The lowest BCUT2D eigenvalue weighted by atomic mass is 9.92. The molecule has 1 saturated carbocycles. The Bertz CT molecular complexity index is 1340.